The summed E-state index contributed by atoms with van der Waals surface area (Å²) in [6.45, 7) is 0. The van der Waals surface area contributed by atoms with Crippen molar-refractivity contribution in [2.45, 2.75) is 0 Å². The fraction of sp³-hybridized carbons (Fsp3) is 0.125. The van der Waals surface area contributed by atoms with E-state index in [1.54, 1.807) is 0 Å². The van der Waals surface area contributed by atoms with Crippen LogP contribution in [0.2, 0.25) is 10.0 Å². The monoisotopic (exact) mass is 238 g/mol. The summed E-state index contributed by atoms with van der Waals surface area (Å²) in [4.78, 5) is 10.8. The first-order valence-electron chi connectivity index (χ1n) is 3.29. The Morgan fingerprint density at radius 3 is 2.46 bits per heavy atom. The summed E-state index contributed by atoms with van der Waals surface area (Å²) in [5.41, 5.74) is 0.185. The Bertz CT molecular complexity index is 349. The minimum absolute atomic E-state index is 0.134. The van der Waals surface area contributed by atoms with Gasteiger partial charge in [-0.3, -0.25) is 4.79 Å². The van der Waals surface area contributed by atoms with Crippen LogP contribution in [-0.2, 0) is 0 Å². The maximum atomic E-state index is 10.8. The zero-order chi connectivity index (χ0) is 10.0. The fourth-order valence-electron chi connectivity index (χ4n) is 0.871. The molecule has 1 rings (SSSR count). The van der Waals surface area contributed by atoms with E-state index in [1.165, 1.54) is 19.2 Å². The number of hydrogen-bond acceptors (Lipinski definition) is 2. The van der Waals surface area contributed by atoms with E-state index < -0.39 is 5.24 Å². The molecule has 0 aliphatic heterocycles. The van der Waals surface area contributed by atoms with E-state index in [-0.39, 0.29) is 16.3 Å². The van der Waals surface area contributed by atoms with Crippen LogP contribution in [0.25, 0.3) is 0 Å². The number of hydrogen-bond donors (Lipinski definition) is 0. The Morgan fingerprint density at radius 1 is 1.38 bits per heavy atom. The first-order valence-corrected chi connectivity index (χ1v) is 4.43. The second-order valence-electron chi connectivity index (χ2n) is 2.22. The van der Waals surface area contributed by atoms with Crippen LogP contribution in [0.4, 0.5) is 0 Å². The maximum absolute atomic E-state index is 10.8. The molecule has 0 heterocycles. The van der Waals surface area contributed by atoms with Gasteiger partial charge in [-0.05, 0) is 23.7 Å². The summed E-state index contributed by atoms with van der Waals surface area (Å²) < 4.78 is 4.89. The summed E-state index contributed by atoms with van der Waals surface area (Å²) in [5, 5.41) is -0.163. The van der Waals surface area contributed by atoms with Gasteiger partial charge >= 0.3 is 0 Å². The van der Waals surface area contributed by atoms with Crippen LogP contribution in [0.3, 0.4) is 0 Å². The molecule has 5 heteroatoms. The molecule has 0 spiro atoms. The Hall–Kier alpha value is -0.440. The van der Waals surface area contributed by atoms with Crippen LogP contribution in [0, 0.1) is 0 Å². The van der Waals surface area contributed by atoms with E-state index >= 15 is 0 Å². The minimum atomic E-state index is -0.639. The molecule has 0 atom stereocenters. The van der Waals surface area contributed by atoms with Gasteiger partial charge in [-0.1, -0.05) is 23.2 Å². The third-order valence-electron chi connectivity index (χ3n) is 1.46. The van der Waals surface area contributed by atoms with E-state index in [0.717, 1.165) is 0 Å². The third kappa shape index (κ3) is 2.08. The molecule has 13 heavy (non-hydrogen) atoms. The number of carbonyl (C=O) groups excluding carboxylic acids is 1. The lowest BCUT2D eigenvalue weighted by atomic mass is 10.2. The highest BCUT2D eigenvalue weighted by Crippen LogP contribution is 2.35. The number of halogens is 3. The highest BCUT2D eigenvalue weighted by molar-refractivity contribution is 6.69. The van der Waals surface area contributed by atoms with Gasteiger partial charge in [0.15, 0.2) is 5.75 Å². The highest BCUT2D eigenvalue weighted by atomic mass is 35.5. The molecule has 0 saturated heterocycles. The molecule has 0 fully saturated rings. The van der Waals surface area contributed by atoms with Crippen molar-refractivity contribution in [3.05, 3.63) is 27.7 Å². The zero-order valence-corrected chi connectivity index (χ0v) is 8.87. The Balaban J connectivity index is 3.35. The van der Waals surface area contributed by atoms with Gasteiger partial charge in [-0.2, -0.15) is 0 Å². The van der Waals surface area contributed by atoms with Crippen molar-refractivity contribution in [2.75, 3.05) is 7.11 Å². The molecule has 0 N–H and O–H groups in total. The molecule has 70 valence electrons. The Kier molecular flexibility index (Phi) is 3.42. The van der Waals surface area contributed by atoms with Crippen LogP contribution < -0.4 is 4.74 Å². The van der Waals surface area contributed by atoms with E-state index in [0.29, 0.717) is 5.02 Å². The smallest absolute Gasteiger partial charge is 0.254 e. The number of benzene rings is 1. The van der Waals surface area contributed by atoms with Gasteiger partial charge in [0, 0.05) is 0 Å². The van der Waals surface area contributed by atoms with E-state index in [9.17, 15) is 4.79 Å². The third-order valence-corrected chi connectivity index (χ3v) is 2.34. The van der Waals surface area contributed by atoms with Crippen molar-refractivity contribution < 1.29 is 9.53 Å². The zero-order valence-electron chi connectivity index (χ0n) is 6.61. The van der Waals surface area contributed by atoms with E-state index in [1.807, 2.05) is 0 Å². The van der Waals surface area contributed by atoms with Gasteiger partial charge in [0.1, 0.15) is 0 Å². The molecule has 1 aromatic carbocycles. The summed E-state index contributed by atoms with van der Waals surface area (Å²) in [6.07, 6.45) is 0. The molecule has 0 radical (unpaired) electrons. The van der Waals surface area contributed by atoms with Crippen LogP contribution in [0.1, 0.15) is 10.4 Å². The molecule has 2 nitrogen and oxygen atoms in total. The number of carbonyl (C=O) groups is 1. The summed E-state index contributed by atoms with van der Waals surface area (Å²) >= 11 is 16.8. The van der Waals surface area contributed by atoms with Gasteiger partial charge in [-0.15, -0.1) is 0 Å². The first kappa shape index (κ1) is 10.6. The minimum Gasteiger partial charge on any atom is -0.494 e. The predicted molar refractivity (Wildman–Crippen MR) is 53.2 cm³/mol. The van der Waals surface area contributed by atoms with Crippen molar-refractivity contribution in [3.8, 4) is 5.75 Å². The average Bonchev–Trinajstić information content (AvgIpc) is 2.04. The molecular formula is C8H5Cl3O2. The summed E-state index contributed by atoms with van der Waals surface area (Å²) in [5.74, 6) is 0.259. The van der Waals surface area contributed by atoms with Gasteiger partial charge in [0.25, 0.3) is 5.24 Å². The van der Waals surface area contributed by atoms with Gasteiger partial charge < -0.3 is 4.74 Å². The second-order valence-corrected chi connectivity index (χ2v) is 3.34. The molecule has 0 bridgehead atoms. The maximum Gasteiger partial charge on any atom is 0.254 e. The fourth-order valence-corrected chi connectivity index (χ4v) is 1.69. The molecule has 0 amide bonds. The van der Waals surface area contributed by atoms with Crippen molar-refractivity contribution >= 4 is 40.0 Å². The molecule has 0 aromatic heterocycles. The standard InChI is InChI=1S/C8H5Cl3O2/c1-13-7-5(9)3-2-4(6(7)10)8(11)12/h2-3H,1H3. The van der Waals surface area contributed by atoms with Gasteiger partial charge in [0.05, 0.1) is 22.7 Å². The molecule has 0 unspecified atom stereocenters. The van der Waals surface area contributed by atoms with Crippen molar-refractivity contribution in [1.29, 1.82) is 0 Å². The second kappa shape index (κ2) is 4.18. The van der Waals surface area contributed by atoms with Crippen LogP contribution >= 0.6 is 34.8 Å². The largest absolute Gasteiger partial charge is 0.494 e. The molecular weight excluding hydrogens is 234 g/mol. The van der Waals surface area contributed by atoms with E-state index in [4.69, 9.17) is 39.5 Å². The highest BCUT2D eigenvalue weighted by Gasteiger charge is 2.14. The van der Waals surface area contributed by atoms with Crippen LogP contribution in [-0.4, -0.2) is 12.4 Å². The lowest BCUT2D eigenvalue weighted by Gasteiger charge is -2.07. The number of ether oxygens (including phenoxy) is 1. The summed E-state index contributed by atoms with van der Waals surface area (Å²) in [7, 11) is 1.41. The Morgan fingerprint density at radius 2 is 2.00 bits per heavy atom. The lowest BCUT2D eigenvalue weighted by molar-refractivity contribution is 0.108. The lowest BCUT2D eigenvalue weighted by Crippen LogP contribution is -1.94. The van der Waals surface area contributed by atoms with E-state index in [2.05, 4.69) is 0 Å². The molecule has 1 aromatic rings. The normalized spacial score (nSPS) is 9.85. The average molecular weight is 239 g/mol. The molecule has 0 saturated carbocycles. The van der Waals surface area contributed by atoms with Gasteiger partial charge in [0.2, 0.25) is 0 Å². The molecule has 0 aliphatic rings. The van der Waals surface area contributed by atoms with Crippen molar-refractivity contribution in [1.82, 2.24) is 0 Å². The quantitative estimate of drug-likeness (QED) is 0.740. The van der Waals surface area contributed by atoms with Gasteiger partial charge in [-0.25, -0.2) is 0 Å². The Labute approximate surface area is 90.3 Å². The van der Waals surface area contributed by atoms with Crippen LogP contribution in [0.15, 0.2) is 12.1 Å². The number of methoxy groups -OCH3 is 1. The topological polar surface area (TPSA) is 26.3 Å². The van der Waals surface area contributed by atoms with Crippen molar-refractivity contribution in [2.24, 2.45) is 0 Å². The predicted octanol–water partition coefficient (Wildman–Crippen LogP) is 3.38. The SMILES string of the molecule is COc1c(Cl)ccc(C(=O)Cl)c1Cl. The van der Waals surface area contributed by atoms with Crippen LogP contribution in [0.5, 0.6) is 5.75 Å². The number of rotatable bonds is 2. The first-order chi connectivity index (χ1) is 6.07. The summed E-state index contributed by atoms with van der Waals surface area (Å²) in [6, 6.07) is 2.95. The molecule has 0 aliphatic carbocycles. The van der Waals surface area contributed by atoms with Crippen molar-refractivity contribution in [3.63, 3.8) is 0 Å².